The molecule has 0 atom stereocenters. The van der Waals surface area contributed by atoms with Crippen molar-refractivity contribution >= 4 is 23.9 Å². The van der Waals surface area contributed by atoms with Crippen molar-refractivity contribution < 1.29 is 56.4 Å². The largest absolute Gasteiger partial charge is 0.494 e. The molecule has 71 heavy (non-hydrogen) atoms. The van der Waals surface area contributed by atoms with Gasteiger partial charge in [-0.1, -0.05) is 135 Å². The minimum absolute atomic E-state index is 0.0532. The van der Waals surface area contributed by atoms with E-state index < -0.39 is 46.6 Å². The summed E-state index contributed by atoms with van der Waals surface area (Å²) in [4.78, 5) is 51.9. The molecular weight excluding hydrogens is 907 g/mol. The van der Waals surface area contributed by atoms with E-state index in [9.17, 15) is 19.2 Å². The van der Waals surface area contributed by atoms with Gasteiger partial charge in [0.1, 0.15) is 46.1 Å². The Balaban J connectivity index is 1.03. The molecule has 0 unspecified atom stereocenters. The molecule has 0 N–H and O–H groups in total. The molecule has 0 amide bonds. The van der Waals surface area contributed by atoms with Crippen LogP contribution in [0.15, 0.2) is 103 Å². The van der Waals surface area contributed by atoms with E-state index in [1.807, 2.05) is 0 Å². The Hall–Kier alpha value is -6.56. The zero-order chi connectivity index (χ0) is 50.6. The van der Waals surface area contributed by atoms with E-state index in [0.29, 0.717) is 24.7 Å². The van der Waals surface area contributed by atoms with E-state index in [2.05, 4.69) is 13.8 Å². The quantitative estimate of drug-likeness (QED) is 0.0234. The maximum atomic E-state index is 15.2. The number of unbranched alkanes of at least 4 members (excludes halogenated alkanes) is 18. The summed E-state index contributed by atoms with van der Waals surface area (Å²) < 4.78 is 63.8. The van der Waals surface area contributed by atoms with Crippen molar-refractivity contribution in [1.82, 2.24) is 0 Å². The minimum atomic E-state index is -1.07. The second-order valence-electron chi connectivity index (χ2n) is 17.8. The summed E-state index contributed by atoms with van der Waals surface area (Å²) in [5.41, 5.74) is -0.237. The lowest BCUT2D eigenvalue weighted by atomic mass is 10.1. The van der Waals surface area contributed by atoms with Gasteiger partial charge in [-0.15, -0.1) is 0 Å². The summed E-state index contributed by atoms with van der Waals surface area (Å²) >= 11 is 0. The molecule has 0 saturated heterocycles. The van der Waals surface area contributed by atoms with Gasteiger partial charge in [-0.2, -0.15) is 0 Å². The van der Waals surface area contributed by atoms with E-state index in [1.54, 1.807) is 48.5 Å². The molecule has 380 valence electrons. The van der Waals surface area contributed by atoms with Gasteiger partial charge in [0, 0.05) is 17.7 Å². The average molecular weight is 977 g/mol. The van der Waals surface area contributed by atoms with Gasteiger partial charge < -0.3 is 28.4 Å². The summed E-state index contributed by atoms with van der Waals surface area (Å²) in [6.07, 6.45) is 24.7. The Morgan fingerprint density at radius 1 is 0.380 bits per heavy atom. The maximum Gasteiger partial charge on any atom is 0.346 e. The van der Waals surface area contributed by atoms with Crippen molar-refractivity contribution in [3.63, 3.8) is 0 Å². The lowest BCUT2D eigenvalue weighted by molar-refractivity contribution is 0.0719. The van der Waals surface area contributed by atoms with E-state index in [0.717, 1.165) is 49.9 Å². The highest BCUT2D eigenvalue weighted by molar-refractivity contribution is 5.94. The SMILES string of the molecule is CCCCCCCCCCCCOc1ccc(C(=O)Oc2ccc(C(=O)Oc3cccc(OC(=O)c4ccc(OC(=O)c5ccc(OCCCCCCCCCCCC)cc5)cc4F)c3C)c(F)c2)cc1. The Labute approximate surface area is 418 Å². The molecule has 5 aromatic rings. The minimum Gasteiger partial charge on any atom is -0.494 e. The van der Waals surface area contributed by atoms with E-state index in [-0.39, 0.29) is 39.7 Å². The fraction of sp³-hybridized carbons (Fsp3) is 0.424. The molecule has 5 aromatic carbocycles. The summed E-state index contributed by atoms with van der Waals surface area (Å²) in [6, 6.07) is 23.8. The van der Waals surface area contributed by atoms with Crippen LogP contribution < -0.4 is 28.4 Å². The second-order valence-corrected chi connectivity index (χ2v) is 17.8. The van der Waals surface area contributed by atoms with Crippen LogP contribution in [0.25, 0.3) is 0 Å². The van der Waals surface area contributed by atoms with Crippen LogP contribution in [0.1, 0.15) is 189 Å². The number of ether oxygens (including phenoxy) is 6. The third kappa shape index (κ3) is 19.3. The van der Waals surface area contributed by atoms with Crippen molar-refractivity contribution in [2.24, 2.45) is 0 Å². The molecule has 0 fully saturated rings. The summed E-state index contributed by atoms with van der Waals surface area (Å²) in [5.74, 6) is -4.69. The number of esters is 4. The first-order valence-corrected chi connectivity index (χ1v) is 25.6. The molecule has 12 heteroatoms. The van der Waals surface area contributed by atoms with Gasteiger partial charge in [-0.3, -0.25) is 0 Å². The van der Waals surface area contributed by atoms with Crippen LogP contribution in [-0.4, -0.2) is 37.1 Å². The Bertz CT molecular complexity index is 2270. The van der Waals surface area contributed by atoms with Crippen LogP contribution in [0.4, 0.5) is 8.78 Å². The summed E-state index contributed by atoms with van der Waals surface area (Å²) in [7, 11) is 0. The van der Waals surface area contributed by atoms with Gasteiger partial charge in [0.05, 0.1) is 35.5 Å². The maximum absolute atomic E-state index is 15.2. The number of hydrogen-bond acceptors (Lipinski definition) is 10. The van der Waals surface area contributed by atoms with Crippen molar-refractivity contribution in [2.75, 3.05) is 13.2 Å². The molecule has 0 spiro atoms. The van der Waals surface area contributed by atoms with Crippen LogP contribution in [-0.2, 0) is 0 Å². The lowest BCUT2D eigenvalue weighted by Crippen LogP contribution is -2.14. The number of halogens is 2. The van der Waals surface area contributed by atoms with E-state index in [4.69, 9.17) is 28.4 Å². The highest BCUT2D eigenvalue weighted by Gasteiger charge is 2.22. The highest BCUT2D eigenvalue weighted by atomic mass is 19.1. The molecular formula is C59H70F2O10. The first-order valence-electron chi connectivity index (χ1n) is 25.6. The van der Waals surface area contributed by atoms with Crippen molar-refractivity contribution in [2.45, 2.75) is 149 Å². The van der Waals surface area contributed by atoms with Crippen molar-refractivity contribution in [1.29, 1.82) is 0 Å². The molecule has 5 rings (SSSR count). The average Bonchev–Trinajstić information content (AvgIpc) is 3.36. The highest BCUT2D eigenvalue weighted by Crippen LogP contribution is 2.31. The number of rotatable bonds is 32. The fourth-order valence-corrected chi connectivity index (χ4v) is 7.84. The predicted octanol–water partition coefficient (Wildman–Crippen LogP) is 15.7. The molecule has 0 aromatic heterocycles. The third-order valence-electron chi connectivity index (χ3n) is 12.1. The van der Waals surface area contributed by atoms with Gasteiger partial charge in [0.25, 0.3) is 0 Å². The smallest absolute Gasteiger partial charge is 0.346 e. The molecule has 0 aliphatic carbocycles. The predicted molar refractivity (Wildman–Crippen MR) is 271 cm³/mol. The number of carbonyl (C=O) groups excluding carboxylic acids is 4. The van der Waals surface area contributed by atoms with Crippen LogP contribution in [0, 0.1) is 18.6 Å². The standard InChI is InChI=1S/C59H70F2O10/c1-4-6-8-10-12-14-16-18-20-22-39-66-46-31-27-44(28-32-46)56(62)68-48-35-37-50(52(60)41-48)58(64)70-54-25-24-26-55(43(54)3)71-59(65)51-38-36-49(42-53(51)61)69-57(63)45-29-33-47(34-30-45)67-40-23-21-19-17-15-13-11-9-7-5-2/h24-38,41-42H,4-23,39-40H2,1-3H3. The van der Waals surface area contributed by atoms with Gasteiger partial charge in [0.2, 0.25) is 0 Å². The van der Waals surface area contributed by atoms with Crippen LogP contribution in [0.2, 0.25) is 0 Å². The Morgan fingerprint density at radius 2 is 0.704 bits per heavy atom. The van der Waals surface area contributed by atoms with Crippen molar-refractivity contribution in [3.05, 3.63) is 143 Å². The molecule has 0 heterocycles. The summed E-state index contributed by atoms with van der Waals surface area (Å²) in [6.45, 7) is 7.12. The fourth-order valence-electron chi connectivity index (χ4n) is 7.84. The zero-order valence-electron chi connectivity index (χ0n) is 41.7. The second kappa shape index (κ2) is 30.9. The van der Waals surface area contributed by atoms with Gasteiger partial charge in [-0.05, 0) is 105 Å². The normalized spacial score (nSPS) is 10.9. The van der Waals surface area contributed by atoms with Gasteiger partial charge in [0.15, 0.2) is 0 Å². The number of carbonyl (C=O) groups is 4. The van der Waals surface area contributed by atoms with Crippen molar-refractivity contribution in [3.8, 4) is 34.5 Å². The van der Waals surface area contributed by atoms with Gasteiger partial charge in [-0.25, -0.2) is 28.0 Å². The van der Waals surface area contributed by atoms with E-state index in [1.165, 1.54) is 140 Å². The number of benzene rings is 5. The van der Waals surface area contributed by atoms with E-state index >= 15 is 8.78 Å². The Kier molecular flexibility index (Phi) is 24.1. The zero-order valence-corrected chi connectivity index (χ0v) is 41.7. The Morgan fingerprint density at radius 3 is 1.04 bits per heavy atom. The molecule has 0 aliphatic heterocycles. The topological polar surface area (TPSA) is 124 Å². The molecule has 0 saturated carbocycles. The van der Waals surface area contributed by atoms with Crippen LogP contribution in [0.5, 0.6) is 34.5 Å². The molecule has 10 nitrogen and oxygen atoms in total. The van der Waals surface area contributed by atoms with Crippen LogP contribution in [0.3, 0.4) is 0 Å². The third-order valence-corrected chi connectivity index (χ3v) is 12.1. The van der Waals surface area contributed by atoms with Crippen LogP contribution >= 0.6 is 0 Å². The molecule has 0 aliphatic rings. The summed E-state index contributed by atoms with van der Waals surface area (Å²) in [5, 5.41) is 0. The monoisotopic (exact) mass is 976 g/mol. The van der Waals surface area contributed by atoms with Gasteiger partial charge >= 0.3 is 23.9 Å². The molecule has 0 bridgehead atoms. The first kappa shape index (κ1) is 55.4. The number of hydrogen-bond donors (Lipinski definition) is 0. The lowest BCUT2D eigenvalue weighted by Gasteiger charge is -2.13. The molecule has 0 radical (unpaired) electrons. The first-order chi connectivity index (χ1) is 34.6.